The van der Waals surface area contributed by atoms with Gasteiger partial charge in [-0.3, -0.25) is 29.2 Å². The van der Waals surface area contributed by atoms with Crippen molar-refractivity contribution in [2.24, 2.45) is 0 Å². The van der Waals surface area contributed by atoms with Crippen LogP contribution in [0.2, 0.25) is 0 Å². The number of carbonyl (C=O) groups is 2. The van der Waals surface area contributed by atoms with Crippen molar-refractivity contribution >= 4 is 40.2 Å². The molecule has 2 aromatic carbocycles. The lowest BCUT2D eigenvalue weighted by molar-refractivity contribution is -0.383. The Morgan fingerprint density at radius 1 is 1.23 bits per heavy atom. The fourth-order valence-electron chi connectivity index (χ4n) is 3.79. The highest BCUT2D eigenvalue weighted by atomic mass is 16.6. The van der Waals surface area contributed by atoms with Gasteiger partial charge >= 0.3 is 0 Å². The number of hydrogen-bond acceptors (Lipinski definition) is 6. The molecule has 2 heterocycles. The summed E-state index contributed by atoms with van der Waals surface area (Å²) in [5, 5.41) is 13.8. The van der Waals surface area contributed by atoms with E-state index in [9.17, 15) is 19.7 Å². The summed E-state index contributed by atoms with van der Waals surface area (Å²) in [6.07, 6.45) is 0.458. The van der Waals surface area contributed by atoms with Crippen LogP contribution in [-0.4, -0.2) is 46.6 Å². The topological polar surface area (TPSA) is 120 Å². The van der Waals surface area contributed by atoms with Crippen LogP contribution in [0.1, 0.15) is 18.9 Å². The second kappa shape index (κ2) is 8.52. The van der Waals surface area contributed by atoms with Gasteiger partial charge < -0.3 is 10.1 Å². The molecule has 3 aromatic rings. The van der Waals surface area contributed by atoms with Crippen LogP contribution in [0, 0.1) is 10.1 Å². The fourth-order valence-corrected chi connectivity index (χ4v) is 3.79. The molecule has 1 N–H and O–H groups in total. The summed E-state index contributed by atoms with van der Waals surface area (Å²) in [5.74, 6) is -0.233. The van der Waals surface area contributed by atoms with Gasteiger partial charge in [0.1, 0.15) is 11.7 Å². The van der Waals surface area contributed by atoms with E-state index in [1.807, 2.05) is 24.3 Å². The summed E-state index contributed by atoms with van der Waals surface area (Å²) in [6, 6.07) is 12.5. The zero-order valence-electron chi connectivity index (χ0n) is 16.9. The molecule has 2 amide bonds. The highest BCUT2D eigenvalue weighted by Crippen LogP contribution is 2.36. The first-order valence-corrected chi connectivity index (χ1v) is 9.82. The van der Waals surface area contributed by atoms with Gasteiger partial charge in [-0.15, -0.1) is 0 Å². The van der Waals surface area contributed by atoms with E-state index in [4.69, 9.17) is 4.74 Å². The van der Waals surface area contributed by atoms with Crippen molar-refractivity contribution in [3.63, 3.8) is 0 Å². The molecule has 4 rings (SSSR count). The molecule has 0 saturated heterocycles. The Morgan fingerprint density at radius 2 is 1.97 bits per heavy atom. The lowest BCUT2D eigenvalue weighted by Crippen LogP contribution is -2.32. The van der Waals surface area contributed by atoms with Crippen LogP contribution in [0.4, 0.5) is 17.3 Å². The maximum absolute atomic E-state index is 13.2. The predicted molar refractivity (Wildman–Crippen MR) is 114 cm³/mol. The average molecular weight is 423 g/mol. The van der Waals surface area contributed by atoms with E-state index in [1.54, 1.807) is 22.6 Å². The van der Waals surface area contributed by atoms with Crippen molar-refractivity contribution in [2.75, 3.05) is 30.5 Å². The maximum atomic E-state index is 13.2. The maximum Gasteiger partial charge on any atom is 0.292 e. The number of rotatable bonds is 8. The van der Waals surface area contributed by atoms with Crippen LogP contribution < -0.4 is 10.2 Å². The minimum atomic E-state index is -0.785. The fraction of sp³-hybridized carbons (Fsp3) is 0.286. The predicted octanol–water partition coefficient (Wildman–Crippen LogP) is 2.90. The van der Waals surface area contributed by atoms with Crippen LogP contribution in [0.15, 0.2) is 48.5 Å². The molecule has 0 aliphatic carbocycles. The number of aromatic nitrogens is 2. The first kappa shape index (κ1) is 20.5. The van der Waals surface area contributed by atoms with E-state index in [0.29, 0.717) is 25.5 Å². The van der Waals surface area contributed by atoms with Crippen molar-refractivity contribution in [1.29, 1.82) is 0 Å². The van der Waals surface area contributed by atoms with Crippen molar-refractivity contribution in [3.8, 4) is 0 Å². The first-order valence-electron chi connectivity index (χ1n) is 9.82. The normalized spacial score (nSPS) is 15.3. The third-order valence-corrected chi connectivity index (χ3v) is 5.17. The Morgan fingerprint density at radius 3 is 2.74 bits per heavy atom. The van der Waals surface area contributed by atoms with E-state index >= 15 is 0 Å². The lowest BCUT2D eigenvalue weighted by atomic mass is 10.1. The number of ether oxygens (including phenoxy) is 1. The molecule has 1 aliphatic heterocycles. The molecule has 10 nitrogen and oxygen atoms in total. The Bertz CT molecular complexity index is 1160. The Balaban J connectivity index is 1.62. The lowest BCUT2D eigenvalue weighted by Gasteiger charge is -2.15. The second-order valence-electron chi connectivity index (χ2n) is 7.15. The van der Waals surface area contributed by atoms with E-state index in [-0.39, 0.29) is 23.7 Å². The number of fused-ring (bicyclic) bond motifs is 3. The SMILES string of the molecule is COCCCN1C(=O)[C@@H](CC(=O)Nc2ccccc2[N+](=O)[O-])n2c1nc1ccccc12. The largest absolute Gasteiger partial charge is 0.385 e. The number of nitrogens with zero attached hydrogens (tertiary/aromatic N) is 4. The number of hydrogen-bond donors (Lipinski definition) is 1. The molecule has 0 spiro atoms. The standard InChI is InChI=1S/C21H21N5O5/c1-31-12-6-11-24-20(28)18(25-16-9-4-2-7-14(16)23-21(24)25)13-19(27)22-15-8-3-5-10-17(15)26(29)30/h2-5,7-10,18H,6,11-13H2,1H3,(H,22,27)/t18-/m1/s1. The number of nitrogens with one attached hydrogen (secondary N) is 1. The molecule has 0 radical (unpaired) electrons. The quantitative estimate of drug-likeness (QED) is 0.338. The van der Waals surface area contributed by atoms with Crippen molar-refractivity contribution < 1.29 is 19.2 Å². The van der Waals surface area contributed by atoms with Gasteiger partial charge in [-0.05, 0) is 24.6 Å². The van der Waals surface area contributed by atoms with Crippen LogP contribution in [0.5, 0.6) is 0 Å². The van der Waals surface area contributed by atoms with Gasteiger partial charge in [-0.25, -0.2) is 4.98 Å². The van der Waals surface area contributed by atoms with Gasteiger partial charge in [0.15, 0.2) is 0 Å². The molecular weight excluding hydrogens is 402 g/mol. The zero-order valence-corrected chi connectivity index (χ0v) is 16.9. The Kier molecular flexibility index (Phi) is 5.63. The molecule has 0 unspecified atom stereocenters. The molecule has 1 atom stereocenters. The van der Waals surface area contributed by atoms with Gasteiger partial charge in [-0.2, -0.15) is 0 Å². The number of amides is 2. The van der Waals surface area contributed by atoms with Crippen molar-refractivity contribution in [3.05, 3.63) is 58.6 Å². The number of nitro benzene ring substituents is 1. The van der Waals surface area contributed by atoms with Crippen LogP contribution >= 0.6 is 0 Å². The highest BCUT2D eigenvalue weighted by Gasteiger charge is 2.40. The molecule has 160 valence electrons. The third-order valence-electron chi connectivity index (χ3n) is 5.17. The Hall–Kier alpha value is -3.79. The molecule has 1 aromatic heterocycles. The van der Waals surface area contributed by atoms with Gasteiger partial charge in [0.2, 0.25) is 11.9 Å². The van der Waals surface area contributed by atoms with Gasteiger partial charge in [0.25, 0.3) is 11.6 Å². The number of anilines is 2. The molecule has 0 bridgehead atoms. The molecule has 0 saturated carbocycles. The van der Waals surface area contributed by atoms with Crippen molar-refractivity contribution in [1.82, 2.24) is 9.55 Å². The summed E-state index contributed by atoms with van der Waals surface area (Å²) in [5.41, 5.74) is 1.37. The van der Waals surface area contributed by atoms with Gasteiger partial charge in [0, 0.05) is 26.3 Å². The number of methoxy groups -OCH3 is 1. The van der Waals surface area contributed by atoms with Crippen LogP contribution in [0.3, 0.4) is 0 Å². The molecule has 31 heavy (non-hydrogen) atoms. The number of imidazole rings is 1. The summed E-state index contributed by atoms with van der Waals surface area (Å²) in [7, 11) is 1.59. The number of nitro groups is 1. The monoisotopic (exact) mass is 423 g/mol. The number of para-hydroxylation sites is 4. The third kappa shape index (κ3) is 3.84. The molecule has 1 aliphatic rings. The Labute approximate surface area is 177 Å². The van der Waals surface area contributed by atoms with E-state index in [0.717, 1.165) is 11.0 Å². The minimum Gasteiger partial charge on any atom is -0.385 e. The van der Waals surface area contributed by atoms with Crippen molar-refractivity contribution in [2.45, 2.75) is 18.9 Å². The van der Waals surface area contributed by atoms with Gasteiger partial charge in [0.05, 0.1) is 22.4 Å². The summed E-state index contributed by atoms with van der Waals surface area (Å²) < 4.78 is 6.86. The summed E-state index contributed by atoms with van der Waals surface area (Å²) >= 11 is 0. The summed E-state index contributed by atoms with van der Waals surface area (Å²) in [6.45, 7) is 0.908. The molecular formula is C21H21N5O5. The number of carbonyl (C=O) groups excluding carboxylic acids is 2. The van der Waals surface area contributed by atoms with E-state index < -0.39 is 16.9 Å². The van der Waals surface area contributed by atoms with Gasteiger partial charge in [-0.1, -0.05) is 24.3 Å². The summed E-state index contributed by atoms with van der Waals surface area (Å²) in [4.78, 5) is 42.7. The number of benzene rings is 2. The highest BCUT2D eigenvalue weighted by molar-refractivity contribution is 6.05. The van der Waals surface area contributed by atoms with E-state index in [2.05, 4.69) is 10.3 Å². The first-order chi connectivity index (χ1) is 15.0. The molecule has 10 heteroatoms. The molecule has 0 fully saturated rings. The van der Waals surface area contributed by atoms with Crippen LogP contribution in [-0.2, 0) is 14.3 Å². The average Bonchev–Trinajstić information content (AvgIpc) is 3.24. The second-order valence-corrected chi connectivity index (χ2v) is 7.15. The van der Waals surface area contributed by atoms with E-state index in [1.165, 1.54) is 18.2 Å². The smallest absolute Gasteiger partial charge is 0.292 e. The minimum absolute atomic E-state index is 0.0932. The zero-order chi connectivity index (χ0) is 22.0. The van der Waals surface area contributed by atoms with Crippen LogP contribution in [0.25, 0.3) is 11.0 Å².